The van der Waals surface area contributed by atoms with E-state index in [4.69, 9.17) is 0 Å². The smallest absolute Gasteiger partial charge is 0.343 e. The van der Waals surface area contributed by atoms with Gasteiger partial charge in [0.25, 0.3) is 0 Å². The minimum atomic E-state index is -4.59. The van der Waals surface area contributed by atoms with E-state index in [1.165, 1.54) is 4.57 Å². The molecule has 0 unspecified atom stereocenters. The first-order valence-electron chi connectivity index (χ1n) is 11.4. The third-order valence-corrected chi connectivity index (χ3v) is 6.29. The predicted molar refractivity (Wildman–Crippen MR) is 131 cm³/mol. The number of rotatable bonds is 5. The third-order valence-electron chi connectivity index (χ3n) is 6.29. The number of aromatic nitrogens is 6. The van der Waals surface area contributed by atoms with Gasteiger partial charge >= 0.3 is 11.9 Å². The molecule has 1 amide bonds. The molecule has 0 spiro atoms. The van der Waals surface area contributed by atoms with Crippen LogP contribution in [-0.4, -0.2) is 47.0 Å². The maximum Gasteiger partial charge on any atom is 0.408 e. The van der Waals surface area contributed by atoms with Gasteiger partial charge in [0.1, 0.15) is 18.4 Å². The first kappa shape index (κ1) is 24.2. The molecule has 5 aromatic rings. The Morgan fingerprint density at radius 3 is 2.57 bits per heavy atom. The molecule has 1 N–H and O–H groups in total. The summed E-state index contributed by atoms with van der Waals surface area (Å²) < 4.78 is 42.9. The van der Waals surface area contributed by atoms with Gasteiger partial charge in [-0.1, -0.05) is 12.1 Å². The van der Waals surface area contributed by atoms with Gasteiger partial charge in [-0.3, -0.25) is 19.0 Å². The second-order valence-electron chi connectivity index (χ2n) is 8.77. The van der Waals surface area contributed by atoms with Crippen LogP contribution in [0.2, 0.25) is 0 Å². The molecule has 0 aliphatic carbocycles. The fourth-order valence-electron chi connectivity index (χ4n) is 4.32. The van der Waals surface area contributed by atoms with Crippen LogP contribution in [0.1, 0.15) is 12.5 Å². The monoisotopic (exact) mass is 509 g/mol. The Kier molecular flexibility index (Phi) is 5.81. The molecule has 190 valence electrons. The molecule has 0 aliphatic rings. The van der Waals surface area contributed by atoms with Crippen molar-refractivity contribution in [3.8, 4) is 16.9 Å². The van der Waals surface area contributed by atoms with Crippen molar-refractivity contribution in [1.82, 2.24) is 34.2 Å². The predicted octanol–water partition coefficient (Wildman–Crippen LogP) is 3.51. The highest BCUT2D eigenvalue weighted by molar-refractivity contribution is 5.93. The van der Waals surface area contributed by atoms with Crippen LogP contribution in [0, 0.1) is 6.92 Å². The third kappa shape index (κ3) is 4.24. The largest absolute Gasteiger partial charge is 0.408 e. The molecule has 37 heavy (non-hydrogen) atoms. The number of hydrogen-bond donors (Lipinski definition) is 1. The summed E-state index contributed by atoms with van der Waals surface area (Å²) in [7, 11) is 1.82. The van der Waals surface area contributed by atoms with Gasteiger partial charge in [-0.25, -0.2) is 14.3 Å². The molecule has 12 heteroatoms. The Morgan fingerprint density at radius 2 is 1.86 bits per heavy atom. The molecule has 0 aliphatic heterocycles. The fourth-order valence-corrected chi connectivity index (χ4v) is 4.32. The lowest BCUT2D eigenvalue weighted by atomic mass is 10.1. The molecule has 0 fully saturated rings. The number of imidazole rings is 1. The number of hydrogen-bond acceptors (Lipinski definition) is 5. The number of pyridine rings is 2. The molecular formula is C25H22F3N7O2. The SMILES string of the molecule is Cc1cccc2c1n(-c1ccc(-c3cncc4c3cnn4C)cn1)c(=O)n2CC(=O)N[C@@H](C)C(F)(F)F. The molecule has 0 saturated carbocycles. The summed E-state index contributed by atoms with van der Waals surface area (Å²) in [6, 6.07) is 6.60. The zero-order valence-electron chi connectivity index (χ0n) is 20.1. The van der Waals surface area contributed by atoms with Gasteiger partial charge in [0.05, 0.1) is 28.9 Å². The van der Waals surface area contributed by atoms with Crippen LogP contribution < -0.4 is 11.0 Å². The first-order chi connectivity index (χ1) is 17.6. The van der Waals surface area contributed by atoms with Crippen molar-refractivity contribution in [2.75, 3.05) is 0 Å². The van der Waals surface area contributed by atoms with E-state index in [2.05, 4.69) is 15.1 Å². The van der Waals surface area contributed by atoms with Gasteiger partial charge in [0, 0.05) is 36.0 Å². The van der Waals surface area contributed by atoms with Crippen LogP contribution >= 0.6 is 0 Å². The summed E-state index contributed by atoms with van der Waals surface area (Å²) in [5.74, 6) is -0.616. The van der Waals surface area contributed by atoms with Crippen LogP contribution in [0.4, 0.5) is 13.2 Å². The van der Waals surface area contributed by atoms with Crippen molar-refractivity contribution in [3.05, 3.63) is 71.2 Å². The molecule has 4 heterocycles. The Morgan fingerprint density at radius 1 is 1.08 bits per heavy atom. The highest BCUT2D eigenvalue weighted by atomic mass is 19.4. The van der Waals surface area contributed by atoms with E-state index in [0.717, 1.165) is 39.1 Å². The van der Waals surface area contributed by atoms with E-state index in [1.54, 1.807) is 66.7 Å². The summed E-state index contributed by atoms with van der Waals surface area (Å²) >= 11 is 0. The van der Waals surface area contributed by atoms with Gasteiger partial charge in [-0.2, -0.15) is 18.3 Å². The quantitative estimate of drug-likeness (QED) is 0.391. The topological polar surface area (TPSA) is 99.6 Å². The molecule has 1 atom stereocenters. The van der Waals surface area contributed by atoms with E-state index >= 15 is 0 Å². The van der Waals surface area contributed by atoms with Gasteiger partial charge in [-0.05, 0) is 37.6 Å². The summed E-state index contributed by atoms with van der Waals surface area (Å²) in [6.45, 7) is 2.08. The van der Waals surface area contributed by atoms with Gasteiger partial charge in [0.2, 0.25) is 5.91 Å². The van der Waals surface area contributed by atoms with Crippen molar-refractivity contribution in [1.29, 1.82) is 0 Å². The summed E-state index contributed by atoms with van der Waals surface area (Å²) in [4.78, 5) is 34.6. The van der Waals surface area contributed by atoms with E-state index in [1.807, 2.05) is 12.4 Å². The van der Waals surface area contributed by atoms with Gasteiger partial charge < -0.3 is 5.32 Å². The fraction of sp³-hybridized carbons (Fsp3) is 0.240. The number of carbonyl (C=O) groups is 1. The number of para-hydroxylation sites is 1. The maximum absolute atomic E-state index is 13.5. The van der Waals surface area contributed by atoms with E-state index in [-0.39, 0.29) is 0 Å². The van der Waals surface area contributed by atoms with Gasteiger partial charge in [-0.15, -0.1) is 0 Å². The second-order valence-corrected chi connectivity index (χ2v) is 8.77. The van der Waals surface area contributed by atoms with Crippen LogP contribution in [0.25, 0.3) is 38.9 Å². The number of benzene rings is 1. The number of amides is 1. The molecular weight excluding hydrogens is 487 g/mol. The lowest BCUT2D eigenvalue weighted by molar-refractivity contribution is -0.158. The van der Waals surface area contributed by atoms with Crippen LogP contribution in [-0.2, 0) is 18.4 Å². The minimum absolute atomic E-state index is 0.308. The molecule has 0 saturated heterocycles. The molecule has 4 aromatic heterocycles. The summed E-state index contributed by atoms with van der Waals surface area (Å²) in [5.41, 5.74) is 3.53. The average Bonchev–Trinajstić information content (AvgIpc) is 3.37. The molecule has 1 aromatic carbocycles. The number of aryl methyl sites for hydroxylation is 2. The van der Waals surface area contributed by atoms with Crippen molar-refractivity contribution in [3.63, 3.8) is 0 Å². The Balaban J connectivity index is 1.56. The molecule has 0 bridgehead atoms. The lowest BCUT2D eigenvalue weighted by Crippen LogP contribution is -2.45. The number of alkyl halides is 3. The van der Waals surface area contributed by atoms with Crippen molar-refractivity contribution in [2.24, 2.45) is 7.05 Å². The number of fused-ring (bicyclic) bond motifs is 2. The average molecular weight is 509 g/mol. The first-order valence-corrected chi connectivity index (χ1v) is 11.4. The highest BCUT2D eigenvalue weighted by Gasteiger charge is 2.37. The molecule has 9 nitrogen and oxygen atoms in total. The normalized spacial score (nSPS) is 12.8. The lowest BCUT2D eigenvalue weighted by Gasteiger charge is -2.17. The Labute approximate surface area is 208 Å². The number of nitrogens with zero attached hydrogens (tertiary/aromatic N) is 6. The van der Waals surface area contributed by atoms with E-state index < -0.39 is 30.4 Å². The Bertz CT molecular complexity index is 1700. The van der Waals surface area contributed by atoms with Crippen LogP contribution in [0.5, 0.6) is 0 Å². The zero-order chi connectivity index (χ0) is 26.5. The Hall–Kier alpha value is -4.48. The maximum atomic E-state index is 13.5. The van der Waals surface area contributed by atoms with E-state index in [0.29, 0.717) is 16.9 Å². The van der Waals surface area contributed by atoms with Crippen molar-refractivity contribution < 1.29 is 18.0 Å². The van der Waals surface area contributed by atoms with Gasteiger partial charge in [0.15, 0.2) is 0 Å². The second kappa shape index (κ2) is 8.87. The standard InChI is InChI=1S/C25H22F3N7O2/c1-14-5-4-6-19-23(14)35(24(37)34(19)13-22(36)32-15(2)25(26,27)28)21-8-7-16(9-30-21)17-10-29-12-20-18(17)11-31-33(20)3/h4-12,15H,13H2,1-3H3,(H,32,36)/t15-/m0/s1. The highest BCUT2D eigenvalue weighted by Crippen LogP contribution is 2.28. The number of carbonyl (C=O) groups excluding carboxylic acids is 1. The van der Waals surface area contributed by atoms with Crippen LogP contribution in [0.3, 0.4) is 0 Å². The zero-order valence-corrected chi connectivity index (χ0v) is 20.1. The molecule has 0 radical (unpaired) electrons. The van der Waals surface area contributed by atoms with Crippen molar-refractivity contribution in [2.45, 2.75) is 32.6 Å². The number of halogens is 3. The van der Waals surface area contributed by atoms with Crippen LogP contribution in [0.15, 0.2) is 59.9 Å². The minimum Gasteiger partial charge on any atom is -0.343 e. The van der Waals surface area contributed by atoms with Crippen molar-refractivity contribution >= 4 is 27.8 Å². The van der Waals surface area contributed by atoms with E-state index in [9.17, 15) is 22.8 Å². The number of nitrogens with one attached hydrogen (secondary N) is 1. The molecule has 5 rings (SSSR count). The summed E-state index contributed by atoms with van der Waals surface area (Å²) in [5, 5.41) is 7.08. The summed E-state index contributed by atoms with van der Waals surface area (Å²) in [6.07, 6.45) is 2.20.